The number of hydrogen-bond donors (Lipinski definition) is 0. The lowest BCUT2D eigenvalue weighted by atomic mass is 9.95. The molecule has 0 unspecified atom stereocenters. The third kappa shape index (κ3) is 1.68. The van der Waals surface area contributed by atoms with Gasteiger partial charge in [-0.05, 0) is 42.5 Å². The summed E-state index contributed by atoms with van der Waals surface area (Å²) in [6, 6.07) is 13.7. The number of rotatable bonds is 1. The standard InChI is InChI=1S/C18H19NO2/c1-2-6-13-12(5-1)11-16-18(13)19-14(15-8-4-10-20-15)7-3-9-17(19)21-16/h1-2,4-6,8,10,14,16-18H,3,7,9,11H2/t14-,16+,17+,18-/m1/s1. The van der Waals surface area contributed by atoms with Crippen molar-refractivity contribution >= 4 is 0 Å². The van der Waals surface area contributed by atoms with Crippen LogP contribution in [0.4, 0.5) is 0 Å². The molecule has 1 aromatic heterocycles. The average Bonchev–Trinajstić information content (AvgIpc) is 3.21. The molecule has 3 heteroatoms. The van der Waals surface area contributed by atoms with Crippen molar-refractivity contribution in [2.24, 2.45) is 0 Å². The van der Waals surface area contributed by atoms with Crippen molar-refractivity contribution < 1.29 is 9.15 Å². The van der Waals surface area contributed by atoms with Crippen molar-refractivity contribution in [3.8, 4) is 0 Å². The molecule has 1 aliphatic carbocycles. The van der Waals surface area contributed by atoms with E-state index in [-0.39, 0.29) is 6.23 Å². The molecule has 0 N–H and O–H groups in total. The van der Waals surface area contributed by atoms with Crippen LogP contribution in [-0.2, 0) is 11.2 Å². The molecule has 3 aliphatic rings. The van der Waals surface area contributed by atoms with E-state index in [2.05, 4.69) is 35.2 Å². The molecular weight excluding hydrogens is 262 g/mol. The van der Waals surface area contributed by atoms with E-state index in [0.29, 0.717) is 18.2 Å². The molecule has 3 nitrogen and oxygen atoms in total. The van der Waals surface area contributed by atoms with E-state index < -0.39 is 0 Å². The molecule has 0 amide bonds. The second-order valence-corrected chi connectivity index (χ2v) is 6.39. The van der Waals surface area contributed by atoms with Crippen LogP contribution in [0.3, 0.4) is 0 Å². The summed E-state index contributed by atoms with van der Waals surface area (Å²) in [5, 5.41) is 0. The van der Waals surface area contributed by atoms with Crippen LogP contribution in [0.15, 0.2) is 47.1 Å². The molecule has 21 heavy (non-hydrogen) atoms. The van der Waals surface area contributed by atoms with Gasteiger partial charge in [-0.1, -0.05) is 24.3 Å². The predicted molar refractivity (Wildman–Crippen MR) is 78.7 cm³/mol. The quantitative estimate of drug-likeness (QED) is 0.794. The highest BCUT2D eigenvalue weighted by Crippen LogP contribution is 2.51. The van der Waals surface area contributed by atoms with Gasteiger partial charge in [-0.15, -0.1) is 0 Å². The predicted octanol–water partition coefficient (Wildman–Crippen LogP) is 3.83. The number of furan rings is 1. The van der Waals surface area contributed by atoms with Crippen LogP contribution >= 0.6 is 0 Å². The zero-order valence-corrected chi connectivity index (χ0v) is 11.9. The lowest BCUT2D eigenvalue weighted by Crippen LogP contribution is -2.39. The number of ether oxygens (including phenoxy) is 1. The van der Waals surface area contributed by atoms with Gasteiger partial charge >= 0.3 is 0 Å². The molecule has 2 fully saturated rings. The zero-order chi connectivity index (χ0) is 13.8. The first kappa shape index (κ1) is 12.0. The maximum Gasteiger partial charge on any atom is 0.121 e. The van der Waals surface area contributed by atoms with Crippen LogP contribution < -0.4 is 0 Å². The first-order valence-electron chi connectivity index (χ1n) is 7.96. The van der Waals surface area contributed by atoms with Crippen LogP contribution in [0.25, 0.3) is 0 Å². The Bertz CT molecular complexity index is 651. The number of hydrogen-bond acceptors (Lipinski definition) is 3. The van der Waals surface area contributed by atoms with Crippen LogP contribution in [0.2, 0.25) is 0 Å². The molecule has 0 saturated carbocycles. The number of benzene rings is 1. The number of fused-ring (bicyclic) bond motifs is 5. The smallest absolute Gasteiger partial charge is 0.121 e. The molecule has 3 heterocycles. The van der Waals surface area contributed by atoms with Gasteiger partial charge in [0.25, 0.3) is 0 Å². The number of piperidine rings is 1. The Kier molecular flexibility index (Phi) is 2.55. The molecule has 4 atom stereocenters. The fourth-order valence-electron chi connectivity index (χ4n) is 4.48. The molecule has 2 saturated heterocycles. The molecule has 1 aromatic carbocycles. The van der Waals surface area contributed by atoms with Crippen molar-refractivity contribution in [1.29, 1.82) is 0 Å². The number of nitrogens with zero attached hydrogens (tertiary/aromatic N) is 1. The summed E-state index contributed by atoms with van der Waals surface area (Å²) in [6.45, 7) is 0. The fraction of sp³-hybridized carbons (Fsp3) is 0.444. The lowest BCUT2D eigenvalue weighted by molar-refractivity contribution is -0.0475. The van der Waals surface area contributed by atoms with Gasteiger partial charge in [-0.3, -0.25) is 4.90 Å². The van der Waals surface area contributed by atoms with E-state index in [0.717, 1.165) is 18.6 Å². The van der Waals surface area contributed by atoms with Gasteiger partial charge < -0.3 is 9.15 Å². The molecular formula is C18H19NO2. The van der Waals surface area contributed by atoms with E-state index in [1.807, 2.05) is 6.07 Å². The van der Waals surface area contributed by atoms with Gasteiger partial charge in [-0.25, -0.2) is 0 Å². The minimum atomic E-state index is 0.261. The molecule has 5 rings (SSSR count). The summed E-state index contributed by atoms with van der Waals surface area (Å²) < 4.78 is 12.1. The van der Waals surface area contributed by atoms with Gasteiger partial charge in [0.15, 0.2) is 0 Å². The average molecular weight is 281 g/mol. The van der Waals surface area contributed by atoms with Crippen LogP contribution in [0.5, 0.6) is 0 Å². The Hall–Kier alpha value is -1.58. The van der Waals surface area contributed by atoms with E-state index >= 15 is 0 Å². The topological polar surface area (TPSA) is 25.6 Å². The molecule has 108 valence electrons. The fourth-order valence-corrected chi connectivity index (χ4v) is 4.48. The zero-order valence-electron chi connectivity index (χ0n) is 11.9. The molecule has 0 bridgehead atoms. The van der Waals surface area contributed by atoms with Crippen molar-refractivity contribution in [3.05, 3.63) is 59.5 Å². The highest BCUT2D eigenvalue weighted by atomic mass is 16.5. The van der Waals surface area contributed by atoms with Gasteiger partial charge in [0, 0.05) is 6.42 Å². The summed E-state index contributed by atoms with van der Waals surface area (Å²) in [4.78, 5) is 2.58. The van der Waals surface area contributed by atoms with Crippen molar-refractivity contribution in [2.45, 2.75) is 50.1 Å². The van der Waals surface area contributed by atoms with Crippen molar-refractivity contribution in [3.63, 3.8) is 0 Å². The molecule has 0 radical (unpaired) electrons. The molecule has 2 aliphatic heterocycles. The summed E-state index contributed by atoms with van der Waals surface area (Å²) in [5.74, 6) is 1.09. The normalized spacial score (nSPS) is 34.5. The second kappa shape index (κ2) is 4.46. The van der Waals surface area contributed by atoms with Crippen LogP contribution in [-0.4, -0.2) is 17.2 Å². The Morgan fingerprint density at radius 3 is 2.90 bits per heavy atom. The Labute approximate surface area is 124 Å². The summed E-state index contributed by atoms with van der Waals surface area (Å²) in [5.41, 5.74) is 2.91. The maximum absolute atomic E-state index is 6.38. The van der Waals surface area contributed by atoms with E-state index in [1.165, 1.54) is 24.0 Å². The lowest BCUT2D eigenvalue weighted by Gasteiger charge is -2.38. The van der Waals surface area contributed by atoms with Gasteiger partial charge in [-0.2, -0.15) is 0 Å². The highest BCUT2D eigenvalue weighted by Gasteiger charge is 2.51. The summed E-state index contributed by atoms with van der Waals surface area (Å²) in [6.07, 6.45) is 6.95. The van der Waals surface area contributed by atoms with Crippen molar-refractivity contribution in [2.75, 3.05) is 0 Å². The molecule has 0 spiro atoms. The maximum atomic E-state index is 6.38. The largest absolute Gasteiger partial charge is 0.468 e. The minimum Gasteiger partial charge on any atom is -0.468 e. The van der Waals surface area contributed by atoms with Crippen LogP contribution in [0.1, 0.15) is 48.2 Å². The molecule has 2 aromatic rings. The van der Waals surface area contributed by atoms with Gasteiger partial charge in [0.2, 0.25) is 0 Å². The summed E-state index contributed by atoms with van der Waals surface area (Å²) >= 11 is 0. The van der Waals surface area contributed by atoms with Crippen molar-refractivity contribution in [1.82, 2.24) is 4.90 Å². The first-order valence-corrected chi connectivity index (χ1v) is 7.96. The Morgan fingerprint density at radius 2 is 2.00 bits per heavy atom. The first-order chi connectivity index (χ1) is 10.4. The summed E-state index contributed by atoms with van der Waals surface area (Å²) in [7, 11) is 0. The van der Waals surface area contributed by atoms with E-state index in [4.69, 9.17) is 9.15 Å². The Morgan fingerprint density at radius 1 is 1.05 bits per heavy atom. The third-order valence-corrected chi connectivity index (χ3v) is 5.29. The highest BCUT2D eigenvalue weighted by molar-refractivity contribution is 5.38. The Balaban J connectivity index is 1.58. The SMILES string of the molecule is c1coc([C@H]2CCC[C@@H]3O[C@H]4Cc5ccccc5[C@H]4N32)c1. The minimum absolute atomic E-state index is 0.261. The van der Waals surface area contributed by atoms with E-state index in [1.54, 1.807) is 6.26 Å². The third-order valence-electron chi connectivity index (χ3n) is 5.29. The second-order valence-electron chi connectivity index (χ2n) is 6.39. The van der Waals surface area contributed by atoms with E-state index in [9.17, 15) is 0 Å². The van der Waals surface area contributed by atoms with Gasteiger partial charge in [0.1, 0.15) is 12.0 Å². The van der Waals surface area contributed by atoms with Gasteiger partial charge in [0.05, 0.1) is 24.5 Å². The monoisotopic (exact) mass is 281 g/mol. The van der Waals surface area contributed by atoms with Crippen LogP contribution in [0, 0.1) is 0 Å².